The zero-order valence-corrected chi connectivity index (χ0v) is 13.4. The molecule has 1 fully saturated rings. The van der Waals surface area contributed by atoms with Crippen LogP contribution in [0, 0.1) is 0 Å². The fourth-order valence-electron chi connectivity index (χ4n) is 2.87. The summed E-state index contributed by atoms with van der Waals surface area (Å²) >= 11 is 0. The normalized spacial score (nSPS) is 21.0. The van der Waals surface area contributed by atoms with Crippen LogP contribution in [0.25, 0.3) is 0 Å². The number of anilines is 2. The van der Waals surface area contributed by atoms with Crippen molar-refractivity contribution in [3.05, 3.63) is 23.8 Å². The Kier molecular flexibility index (Phi) is 4.10. The molecule has 2 aliphatic rings. The van der Waals surface area contributed by atoms with Crippen molar-refractivity contribution in [1.29, 1.82) is 0 Å². The smallest absolute Gasteiger partial charge is 0.256 e. The van der Waals surface area contributed by atoms with Gasteiger partial charge in [0.05, 0.1) is 11.4 Å². The third-order valence-electron chi connectivity index (χ3n) is 4.11. The van der Waals surface area contributed by atoms with Gasteiger partial charge in [-0.05, 0) is 43.9 Å². The number of nitrogens with one attached hydrogen (secondary N) is 1. The zero-order chi connectivity index (χ0) is 15.7. The van der Waals surface area contributed by atoms with Crippen LogP contribution in [-0.4, -0.2) is 39.3 Å². The van der Waals surface area contributed by atoms with Crippen molar-refractivity contribution < 1.29 is 17.9 Å². The molecular weight excluding hydrogens is 304 g/mol. The molecule has 0 spiro atoms. The lowest BCUT2D eigenvalue weighted by molar-refractivity contribution is -0.127. The van der Waals surface area contributed by atoms with Crippen LogP contribution >= 0.6 is 0 Å². The van der Waals surface area contributed by atoms with Crippen LogP contribution in [0.2, 0.25) is 0 Å². The van der Waals surface area contributed by atoms with Gasteiger partial charge in [-0.3, -0.25) is 9.52 Å². The van der Waals surface area contributed by atoms with Crippen molar-refractivity contribution in [2.45, 2.75) is 32.3 Å². The minimum absolute atomic E-state index is 0.0165. The number of carbonyl (C=O) groups is 1. The summed E-state index contributed by atoms with van der Waals surface area (Å²) in [5.41, 5.74) is 2.34. The van der Waals surface area contributed by atoms with Gasteiger partial charge in [-0.15, -0.1) is 0 Å². The fourth-order valence-corrected chi connectivity index (χ4v) is 3.50. The number of benzene rings is 1. The average molecular weight is 324 g/mol. The third kappa shape index (κ3) is 2.96. The molecule has 2 aliphatic heterocycles. The largest absolute Gasteiger partial charge is 0.368 e. The number of nitrogens with zero attached hydrogens (tertiary/aromatic N) is 1. The zero-order valence-electron chi connectivity index (χ0n) is 12.5. The fraction of sp³-hybridized carbons (Fsp3) is 0.533. The van der Waals surface area contributed by atoms with Crippen molar-refractivity contribution >= 4 is 27.3 Å². The first-order chi connectivity index (χ1) is 10.5. The van der Waals surface area contributed by atoms with Gasteiger partial charge in [0, 0.05) is 18.8 Å². The van der Waals surface area contributed by atoms with E-state index in [0.29, 0.717) is 18.8 Å². The maximum Gasteiger partial charge on any atom is 0.256 e. The summed E-state index contributed by atoms with van der Waals surface area (Å²) in [5, 5.41) is 0. The maximum atomic E-state index is 12.5. The molecule has 120 valence electrons. The molecule has 1 N–H and O–H groups in total. The van der Waals surface area contributed by atoms with Crippen LogP contribution in [0.4, 0.5) is 11.4 Å². The minimum atomic E-state index is -3.32. The second-order valence-corrected chi connectivity index (χ2v) is 7.60. The van der Waals surface area contributed by atoms with E-state index in [2.05, 4.69) is 4.72 Å². The average Bonchev–Trinajstić information content (AvgIpc) is 3.15. The first-order valence-corrected chi connectivity index (χ1v) is 9.22. The van der Waals surface area contributed by atoms with Gasteiger partial charge in [-0.1, -0.05) is 6.07 Å². The number of carbonyl (C=O) groups excluding carboxylic acids is 1. The minimum Gasteiger partial charge on any atom is -0.368 e. The van der Waals surface area contributed by atoms with Gasteiger partial charge in [0.25, 0.3) is 5.91 Å². The Labute approximate surface area is 130 Å². The second kappa shape index (κ2) is 5.89. The molecule has 1 atom stereocenters. The Bertz CT molecular complexity index is 681. The highest BCUT2D eigenvalue weighted by atomic mass is 32.2. The first kappa shape index (κ1) is 15.3. The lowest BCUT2D eigenvalue weighted by Crippen LogP contribution is -2.37. The summed E-state index contributed by atoms with van der Waals surface area (Å²) in [6, 6.07) is 5.36. The van der Waals surface area contributed by atoms with E-state index in [1.807, 2.05) is 6.07 Å². The molecule has 0 aromatic heterocycles. The van der Waals surface area contributed by atoms with Crippen molar-refractivity contribution in [2.75, 3.05) is 28.5 Å². The van der Waals surface area contributed by atoms with Crippen LogP contribution in [0.1, 0.15) is 25.3 Å². The highest BCUT2D eigenvalue weighted by Crippen LogP contribution is 2.32. The second-order valence-electron chi connectivity index (χ2n) is 5.59. The summed E-state index contributed by atoms with van der Waals surface area (Å²) in [5.74, 6) is -0.00502. The van der Waals surface area contributed by atoms with Crippen molar-refractivity contribution in [3.8, 4) is 0 Å². The van der Waals surface area contributed by atoms with E-state index in [9.17, 15) is 13.2 Å². The molecule has 6 nitrogen and oxygen atoms in total. The van der Waals surface area contributed by atoms with E-state index in [1.54, 1.807) is 24.0 Å². The Morgan fingerprint density at radius 1 is 1.45 bits per heavy atom. The SMILES string of the molecule is CCS(=O)(=O)Nc1ccc2c(c1)N(C(=O)C1CCCO1)CC2. The number of hydrogen-bond acceptors (Lipinski definition) is 4. The van der Waals surface area contributed by atoms with Gasteiger partial charge in [0.15, 0.2) is 0 Å². The topological polar surface area (TPSA) is 75.7 Å². The summed E-state index contributed by atoms with van der Waals surface area (Å²) < 4.78 is 31.4. The predicted molar refractivity (Wildman–Crippen MR) is 84.6 cm³/mol. The number of ether oxygens (including phenoxy) is 1. The number of amides is 1. The van der Waals surface area contributed by atoms with Crippen molar-refractivity contribution in [2.24, 2.45) is 0 Å². The molecule has 0 saturated carbocycles. The van der Waals surface area contributed by atoms with Gasteiger partial charge < -0.3 is 9.64 Å². The van der Waals surface area contributed by atoms with Gasteiger partial charge >= 0.3 is 0 Å². The van der Waals surface area contributed by atoms with Crippen LogP contribution < -0.4 is 9.62 Å². The molecule has 0 radical (unpaired) electrons. The molecular formula is C15H20N2O4S. The number of hydrogen-bond donors (Lipinski definition) is 1. The van der Waals surface area contributed by atoms with Crippen molar-refractivity contribution in [3.63, 3.8) is 0 Å². The van der Waals surface area contributed by atoms with E-state index in [4.69, 9.17) is 4.74 Å². The molecule has 22 heavy (non-hydrogen) atoms. The van der Waals surface area contributed by atoms with E-state index < -0.39 is 10.0 Å². The highest BCUT2D eigenvalue weighted by molar-refractivity contribution is 7.92. The molecule has 1 aromatic rings. The summed E-state index contributed by atoms with van der Waals surface area (Å²) in [4.78, 5) is 14.2. The standard InChI is InChI=1S/C15H20N2O4S/c1-2-22(19,20)16-12-6-5-11-7-8-17(13(11)10-12)15(18)14-4-3-9-21-14/h5-6,10,14,16H,2-4,7-9H2,1H3. The van der Waals surface area contributed by atoms with Crippen LogP contribution in [-0.2, 0) is 26.0 Å². The van der Waals surface area contributed by atoms with Gasteiger partial charge in [0.1, 0.15) is 6.10 Å². The molecule has 3 rings (SSSR count). The summed E-state index contributed by atoms with van der Waals surface area (Å²) in [6.45, 7) is 2.84. The van der Waals surface area contributed by atoms with Crippen molar-refractivity contribution in [1.82, 2.24) is 0 Å². The van der Waals surface area contributed by atoms with E-state index in [1.165, 1.54) is 0 Å². The van der Waals surface area contributed by atoms with E-state index in [-0.39, 0.29) is 17.8 Å². The van der Waals surface area contributed by atoms with Crippen LogP contribution in [0.5, 0.6) is 0 Å². The molecule has 7 heteroatoms. The molecule has 0 aliphatic carbocycles. The molecule has 0 bridgehead atoms. The Balaban J connectivity index is 1.84. The lowest BCUT2D eigenvalue weighted by atomic mass is 10.1. The Morgan fingerprint density at radius 3 is 2.95 bits per heavy atom. The molecule has 1 unspecified atom stereocenters. The quantitative estimate of drug-likeness (QED) is 0.911. The predicted octanol–water partition coefficient (Wildman–Crippen LogP) is 1.52. The lowest BCUT2D eigenvalue weighted by Gasteiger charge is -2.21. The number of sulfonamides is 1. The van der Waals surface area contributed by atoms with E-state index in [0.717, 1.165) is 30.5 Å². The molecule has 1 saturated heterocycles. The molecule has 1 aromatic carbocycles. The van der Waals surface area contributed by atoms with Gasteiger partial charge in [-0.2, -0.15) is 0 Å². The Morgan fingerprint density at radius 2 is 2.27 bits per heavy atom. The molecule has 2 heterocycles. The monoisotopic (exact) mass is 324 g/mol. The summed E-state index contributed by atoms with van der Waals surface area (Å²) in [6.07, 6.45) is 2.09. The molecule has 1 amide bonds. The van der Waals surface area contributed by atoms with Crippen LogP contribution in [0.3, 0.4) is 0 Å². The highest BCUT2D eigenvalue weighted by Gasteiger charge is 2.32. The Hall–Kier alpha value is -1.60. The summed E-state index contributed by atoms with van der Waals surface area (Å²) in [7, 11) is -3.32. The third-order valence-corrected chi connectivity index (χ3v) is 5.41. The van der Waals surface area contributed by atoms with E-state index >= 15 is 0 Å². The number of rotatable bonds is 4. The van der Waals surface area contributed by atoms with Gasteiger partial charge in [-0.25, -0.2) is 8.42 Å². The first-order valence-electron chi connectivity index (χ1n) is 7.56. The van der Waals surface area contributed by atoms with Gasteiger partial charge in [0.2, 0.25) is 10.0 Å². The maximum absolute atomic E-state index is 12.5. The van der Waals surface area contributed by atoms with Crippen LogP contribution in [0.15, 0.2) is 18.2 Å². The number of fused-ring (bicyclic) bond motifs is 1.